The number of hydrogen-bond acceptors (Lipinski definition) is 2. The van der Waals surface area contributed by atoms with Crippen LogP contribution in [0.3, 0.4) is 0 Å². The van der Waals surface area contributed by atoms with Crippen LogP contribution in [0.1, 0.15) is 19.4 Å². The van der Waals surface area contributed by atoms with Crippen molar-refractivity contribution in [2.45, 2.75) is 25.5 Å². The molecule has 0 aliphatic rings. The van der Waals surface area contributed by atoms with Gasteiger partial charge in [-0.3, -0.25) is 0 Å². The first-order chi connectivity index (χ1) is 8.36. The first kappa shape index (κ1) is 14.3. The molecule has 0 aromatic heterocycles. The second-order valence-corrected chi connectivity index (χ2v) is 4.98. The van der Waals surface area contributed by atoms with Gasteiger partial charge in [0.1, 0.15) is 0 Å². The minimum absolute atomic E-state index is 0.0879. The Hall–Kier alpha value is -0.781. The average Bonchev–Trinajstić information content (AvgIpc) is 2.36. The molecule has 1 aromatic rings. The molecule has 92 valence electrons. The third kappa shape index (κ3) is 6.51. The van der Waals surface area contributed by atoms with Gasteiger partial charge in [-0.25, -0.2) is 0 Å². The fraction of sp³-hybridized carbons (Fsp3) is 0.429. The first-order valence-corrected chi connectivity index (χ1v) is 7.84. The van der Waals surface area contributed by atoms with E-state index in [0.717, 1.165) is 10.9 Å². The molecular weight excluding hydrogens is 279 g/mol. The summed E-state index contributed by atoms with van der Waals surface area (Å²) in [6.45, 7) is 5.34. The van der Waals surface area contributed by atoms with Crippen LogP contribution in [-0.2, 0) is 9.47 Å². The van der Waals surface area contributed by atoms with Gasteiger partial charge in [0.2, 0.25) is 0 Å². The molecule has 0 saturated carbocycles. The van der Waals surface area contributed by atoms with Gasteiger partial charge in [0.15, 0.2) is 0 Å². The van der Waals surface area contributed by atoms with Crippen LogP contribution in [0.5, 0.6) is 0 Å². The van der Waals surface area contributed by atoms with E-state index < -0.39 is 0 Å². The van der Waals surface area contributed by atoms with Crippen LogP contribution in [0.4, 0.5) is 0 Å². The third-order valence-electron chi connectivity index (χ3n) is 1.97. The van der Waals surface area contributed by atoms with Gasteiger partial charge in [0.25, 0.3) is 0 Å². The topological polar surface area (TPSA) is 18.5 Å². The van der Waals surface area contributed by atoms with Gasteiger partial charge in [0.05, 0.1) is 0 Å². The molecule has 1 rings (SSSR count). The number of hydrogen-bond donors (Lipinski definition) is 0. The molecular formula is C14H18O2Se. The van der Waals surface area contributed by atoms with Gasteiger partial charge in [-0.05, 0) is 0 Å². The van der Waals surface area contributed by atoms with Gasteiger partial charge in [-0.15, -0.1) is 0 Å². The SMILES string of the molecule is CCOC(C[Se]C#Cc1ccccc1)OCC. The number of ether oxygens (including phenoxy) is 2. The third-order valence-corrected chi connectivity index (χ3v) is 3.40. The van der Waals surface area contributed by atoms with E-state index in [2.05, 4.69) is 10.7 Å². The summed E-state index contributed by atoms with van der Waals surface area (Å²) in [4.78, 5) is 3.20. The Labute approximate surface area is 110 Å². The molecule has 0 aliphatic carbocycles. The maximum atomic E-state index is 5.46. The average molecular weight is 297 g/mol. The van der Waals surface area contributed by atoms with Gasteiger partial charge in [-0.2, -0.15) is 0 Å². The molecule has 0 radical (unpaired) electrons. The maximum absolute atomic E-state index is 5.46. The van der Waals surface area contributed by atoms with Crippen LogP contribution in [0.25, 0.3) is 0 Å². The van der Waals surface area contributed by atoms with E-state index in [1.165, 1.54) is 0 Å². The molecule has 0 N–H and O–H groups in total. The zero-order valence-electron chi connectivity index (χ0n) is 10.3. The Kier molecular flexibility index (Phi) is 7.79. The van der Waals surface area contributed by atoms with E-state index in [-0.39, 0.29) is 21.2 Å². The van der Waals surface area contributed by atoms with E-state index >= 15 is 0 Å². The fourth-order valence-corrected chi connectivity index (χ4v) is 2.51. The van der Waals surface area contributed by atoms with Crippen molar-refractivity contribution < 1.29 is 9.47 Å². The van der Waals surface area contributed by atoms with Crippen LogP contribution in [0, 0.1) is 10.7 Å². The van der Waals surface area contributed by atoms with Crippen molar-refractivity contribution >= 4 is 15.0 Å². The molecule has 3 heteroatoms. The normalized spacial score (nSPS) is 10.1. The Morgan fingerprint density at radius 2 is 1.76 bits per heavy atom. The van der Waals surface area contributed by atoms with Crippen molar-refractivity contribution in [1.82, 2.24) is 0 Å². The van der Waals surface area contributed by atoms with E-state index in [4.69, 9.17) is 9.47 Å². The van der Waals surface area contributed by atoms with Crippen molar-refractivity contribution in [3.8, 4) is 10.7 Å². The summed E-state index contributed by atoms with van der Waals surface area (Å²) in [5, 5.41) is 0.883. The Balaban J connectivity index is 2.33. The number of benzene rings is 1. The van der Waals surface area contributed by atoms with Crippen molar-refractivity contribution in [3.63, 3.8) is 0 Å². The van der Waals surface area contributed by atoms with E-state index in [0.29, 0.717) is 13.2 Å². The molecule has 0 spiro atoms. The van der Waals surface area contributed by atoms with Crippen LogP contribution < -0.4 is 0 Å². The zero-order chi connectivity index (χ0) is 12.3. The monoisotopic (exact) mass is 298 g/mol. The summed E-state index contributed by atoms with van der Waals surface area (Å²) in [5.41, 5.74) is 1.07. The summed E-state index contributed by atoms with van der Waals surface area (Å²) in [6, 6.07) is 10.0. The van der Waals surface area contributed by atoms with Crippen molar-refractivity contribution in [1.29, 1.82) is 0 Å². The Bertz CT molecular complexity index is 347. The van der Waals surface area contributed by atoms with Crippen molar-refractivity contribution in [3.05, 3.63) is 35.9 Å². The van der Waals surface area contributed by atoms with E-state index in [1.54, 1.807) is 0 Å². The zero-order valence-corrected chi connectivity index (χ0v) is 12.0. The minimum atomic E-state index is -0.0879. The van der Waals surface area contributed by atoms with E-state index in [1.807, 2.05) is 44.2 Å². The summed E-state index contributed by atoms with van der Waals surface area (Å²) >= 11 is 0.241. The van der Waals surface area contributed by atoms with Crippen LogP contribution in [0.15, 0.2) is 30.3 Å². The van der Waals surface area contributed by atoms with Gasteiger partial charge in [-0.1, -0.05) is 0 Å². The molecule has 0 unspecified atom stereocenters. The molecule has 0 atom stereocenters. The molecule has 0 heterocycles. The van der Waals surface area contributed by atoms with Gasteiger partial charge in [0, 0.05) is 0 Å². The summed E-state index contributed by atoms with van der Waals surface area (Å²) in [7, 11) is 0. The van der Waals surface area contributed by atoms with Crippen LogP contribution >= 0.6 is 0 Å². The summed E-state index contributed by atoms with van der Waals surface area (Å²) in [6.07, 6.45) is -0.0879. The molecule has 0 aliphatic heterocycles. The predicted molar refractivity (Wildman–Crippen MR) is 70.9 cm³/mol. The Morgan fingerprint density at radius 3 is 2.35 bits per heavy atom. The molecule has 0 amide bonds. The summed E-state index contributed by atoms with van der Waals surface area (Å²) < 4.78 is 10.9. The first-order valence-electron chi connectivity index (χ1n) is 5.77. The van der Waals surface area contributed by atoms with Gasteiger partial charge < -0.3 is 0 Å². The molecule has 0 fully saturated rings. The van der Waals surface area contributed by atoms with Crippen LogP contribution in [-0.4, -0.2) is 34.5 Å². The van der Waals surface area contributed by atoms with Gasteiger partial charge >= 0.3 is 110 Å². The molecule has 17 heavy (non-hydrogen) atoms. The standard InChI is InChI=1S/C14H18O2Se/c1-3-15-14(16-4-2)12-17-11-10-13-8-6-5-7-9-13/h5-9,14H,3-4,12H2,1-2H3. The van der Waals surface area contributed by atoms with Crippen molar-refractivity contribution in [2.75, 3.05) is 13.2 Å². The quantitative estimate of drug-likeness (QED) is 0.456. The van der Waals surface area contributed by atoms with Crippen LogP contribution in [0.2, 0.25) is 5.32 Å². The van der Waals surface area contributed by atoms with E-state index in [9.17, 15) is 0 Å². The second kappa shape index (κ2) is 9.27. The molecule has 2 nitrogen and oxygen atoms in total. The molecule has 0 bridgehead atoms. The molecule has 0 saturated heterocycles. The van der Waals surface area contributed by atoms with Crippen molar-refractivity contribution in [2.24, 2.45) is 0 Å². The molecule has 1 aromatic carbocycles. The predicted octanol–water partition coefficient (Wildman–Crippen LogP) is 2.52. The number of rotatable bonds is 6. The fourth-order valence-electron chi connectivity index (χ4n) is 1.24. The second-order valence-electron chi connectivity index (χ2n) is 3.24. The summed E-state index contributed by atoms with van der Waals surface area (Å²) in [5.74, 6) is 3.15. The Morgan fingerprint density at radius 1 is 1.12 bits per heavy atom.